The van der Waals surface area contributed by atoms with Gasteiger partial charge in [-0.3, -0.25) is 0 Å². The fraction of sp³-hybridized carbons (Fsp3) is 0.417. The van der Waals surface area contributed by atoms with Crippen molar-refractivity contribution in [3.8, 4) is 5.75 Å². The van der Waals surface area contributed by atoms with Crippen LogP contribution in [0, 0.1) is 0 Å². The van der Waals surface area contributed by atoms with Crippen LogP contribution < -0.4 is 10.5 Å². The summed E-state index contributed by atoms with van der Waals surface area (Å²) in [6.07, 6.45) is 0.681. The molecule has 1 unspecified atom stereocenters. The van der Waals surface area contributed by atoms with Crippen molar-refractivity contribution < 1.29 is 13.9 Å². The number of rotatable bonds is 5. The first-order valence-corrected chi connectivity index (χ1v) is 5.43. The average Bonchev–Trinajstić information content (AvgIpc) is 2.78. The molecule has 1 aromatic heterocycles. The van der Waals surface area contributed by atoms with Crippen LogP contribution in [0.4, 0.5) is 0 Å². The highest BCUT2D eigenvalue weighted by Crippen LogP contribution is 2.24. The Morgan fingerprint density at radius 1 is 1.41 bits per heavy atom. The molecule has 17 heavy (non-hydrogen) atoms. The normalized spacial score (nSPS) is 12.9. The summed E-state index contributed by atoms with van der Waals surface area (Å²) in [5, 5.41) is 0. The van der Waals surface area contributed by atoms with E-state index in [1.54, 1.807) is 14.2 Å². The number of fused-ring (bicyclic) bond motifs is 1. The highest BCUT2D eigenvalue weighted by Gasteiger charge is 2.14. The summed E-state index contributed by atoms with van der Waals surface area (Å²) in [6.45, 7) is 0.587. The van der Waals surface area contributed by atoms with Crippen molar-refractivity contribution >= 4 is 11.1 Å². The minimum atomic E-state index is -0.242. The van der Waals surface area contributed by atoms with E-state index in [2.05, 4.69) is 4.98 Å². The van der Waals surface area contributed by atoms with Gasteiger partial charge in [0.15, 0.2) is 5.58 Å². The SMILES string of the molecule is COCCC(N)c1nc2cc(OC)ccc2o1. The Bertz CT molecular complexity index is 495. The number of hydrogen-bond acceptors (Lipinski definition) is 5. The maximum atomic E-state index is 5.95. The van der Waals surface area contributed by atoms with E-state index in [9.17, 15) is 0 Å². The number of oxazole rings is 1. The molecular formula is C12H16N2O3. The van der Waals surface area contributed by atoms with E-state index in [1.807, 2.05) is 18.2 Å². The maximum absolute atomic E-state index is 5.95. The van der Waals surface area contributed by atoms with E-state index in [1.165, 1.54) is 0 Å². The van der Waals surface area contributed by atoms with E-state index < -0.39 is 0 Å². The zero-order valence-corrected chi connectivity index (χ0v) is 9.97. The molecule has 0 spiro atoms. The lowest BCUT2D eigenvalue weighted by Gasteiger charge is -2.05. The number of nitrogens with two attached hydrogens (primary N) is 1. The zero-order valence-electron chi connectivity index (χ0n) is 9.97. The summed E-state index contributed by atoms with van der Waals surface area (Å²) >= 11 is 0. The number of aromatic nitrogens is 1. The largest absolute Gasteiger partial charge is 0.497 e. The van der Waals surface area contributed by atoms with Gasteiger partial charge in [0.2, 0.25) is 5.89 Å². The molecular weight excluding hydrogens is 220 g/mol. The molecule has 1 atom stereocenters. The second kappa shape index (κ2) is 5.16. The van der Waals surface area contributed by atoms with E-state index in [0.717, 1.165) is 11.3 Å². The molecule has 92 valence electrons. The van der Waals surface area contributed by atoms with Gasteiger partial charge in [-0.2, -0.15) is 0 Å². The highest BCUT2D eigenvalue weighted by atomic mass is 16.5. The van der Waals surface area contributed by atoms with Crippen molar-refractivity contribution in [2.75, 3.05) is 20.8 Å². The third kappa shape index (κ3) is 2.57. The van der Waals surface area contributed by atoms with E-state index in [-0.39, 0.29) is 6.04 Å². The van der Waals surface area contributed by atoms with Crippen LogP contribution in [0.5, 0.6) is 5.75 Å². The van der Waals surface area contributed by atoms with Crippen molar-refractivity contribution in [1.29, 1.82) is 0 Å². The van der Waals surface area contributed by atoms with Crippen molar-refractivity contribution in [1.82, 2.24) is 4.98 Å². The van der Waals surface area contributed by atoms with Gasteiger partial charge in [0.05, 0.1) is 13.2 Å². The van der Waals surface area contributed by atoms with E-state index >= 15 is 0 Å². The maximum Gasteiger partial charge on any atom is 0.212 e. The molecule has 5 nitrogen and oxygen atoms in total. The molecule has 2 aromatic rings. The summed E-state index contributed by atoms with van der Waals surface area (Å²) in [4.78, 5) is 4.35. The third-order valence-corrected chi connectivity index (χ3v) is 2.56. The molecule has 0 radical (unpaired) electrons. The molecule has 1 aromatic carbocycles. The van der Waals surface area contributed by atoms with E-state index in [4.69, 9.17) is 19.6 Å². The standard InChI is InChI=1S/C12H16N2O3/c1-15-6-5-9(13)12-14-10-7-8(16-2)3-4-11(10)17-12/h3-4,7,9H,5-6,13H2,1-2H3. The van der Waals surface area contributed by atoms with Crippen LogP contribution in [0.1, 0.15) is 18.4 Å². The second-order valence-electron chi connectivity index (χ2n) is 3.77. The molecule has 0 saturated heterocycles. The summed E-state index contributed by atoms with van der Waals surface area (Å²) in [7, 11) is 3.26. The van der Waals surface area contributed by atoms with Crippen LogP contribution >= 0.6 is 0 Å². The van der Waals surface area contributed by atoms with Crippen molar-refractivity contribution in [2.45, 2.75) is 12.5 Å². The summed E-state index contributed by atoms with van der Waals surface area (Å²) in [5.41, 5.74) is 7.42. The molecule has 0 amide bonds. The van der Waals surface area contributed by atoms with Gasteiger partial charge in [-0.25, -0.2) is 4.98 Å². The topological polar surface area (TPSA) is 70.5 Å². The molecule has 0 aliphatic rings. The molecule has 2 rings (SSSR count). The Balaban J connectivity index is 2.24. The van der Waals surface area contributed by atoms with Gasteiger partial charge in [0, 0.05) is 19.8 Å². The molecule has 0 saturated carbocycles. The average molecular weight is 236 g/mol. The zero-order chi connectivity index (χ0) is 12.3. The number of benzene rings is 1. The number of methoxy groups -OCH3 is 2. The van der Waals surface area contributed by atoms with Crippen LogP contribution in [0.2, 0.25) is 0 Å². The van der Waals surface area contributed by atoms with Gasteiger partial charge in [0.25, 0.3) is 0 Å². The summed E-state index contributed by atoms with van der Waals surface area (Å²) in [5.74, 6) is 1.29. The number of ether oxygens (including phenoxy) is 2. The third-order valence-electron chi connectivity index (χ3n) is 2.56. The van der Waals surface area contributed by atoms with Crippen LogP contribution in [0.3, 0.4) is 0 Å². The smallest absolute Gasteiger partial charge is 0.212 e. The van der Waals surface area contributed by atoms with Crippen LogP contribution in [-0.4, -0.2) is 25.8 Å². The van der Waals surface area contributed by atoms with Crippen LogP contribution in [0.25, 0.3) is 11.1 Å². The first-order chi connectivity index (χ1) is 8.24. The second-order valence-corrected chi connectivity index (χ2v) is 3.77. The van der Waals surface area contributed by atoms with Crippen molar-refractivity contribution in [3.63, 3.8) is 0 Å². The Hall–Kier alpha value is -1.59. The van der Waals surface area contributed by atoms with E-state index in [0.29, 0.717) is 24.5 Å². The minimum absolute atomic E-state index is 0.242. The molecule has 5 heteroatoms. The monoisotopic (exact) mass is 236 g/mol. The molecule has 0 aliphatic heterocycles. The molecule has 1 heterocycles. The highest BCUT2D eigenvalue weighted by molar-refractivity contribution is 5.74. The van der Waals surface area contributed by atoms with Gasteiger partial charge in [0.1, 0.15) is 11.3 Å². The molecule has 0 aliphatic carbocycles. The fourth-order valence-electron chi connectivity index (χ4n) is 1.58. The van der Waals surface area contributed by atoms with Gasteiger partial charge in [-0.1, -0.05) is 0 Å². The fourth-order valence-corrected chi connectivity index (χ4v) is 1.58. The molecule has 2 N–H and O–H groups in total. The predicted molar refractivity (Wildman–Crippen MR) is 64.0 cm³/mol. The quantitative estimate of drug-likeness (QED) is 0.858. The lowest BCUT2D eigenvalue weighted by molar-refractivity contribution is 0.184. The van der Waals surface area contributed by atoms with Gasteiger partial charge in [-0.15, -0.1) is 0 Å². The van der Waals surface area contributed by atoms with Gasteiger partial charge < -0.3 is 19.6 Å². The first kappa shape index (κ1) is 11.9. The van der Waals surface area contributed by atoms with Gasteiger partial charge in [-0.05, 0) is 18.6 Å². The van der Waals surface area contributed by atoms with Crippen LogP contribution in [0.15, 0.2) is 22.6 Å². The molecule has 0 bridgehead atoms. The van der Waals surface area contributed by atoms with Gasteiger partial charge >= 0.3 is 0 Å². The Morgan fingerprint density at radius 3 is 2.94 bits per heavy atom. The first-order valence-electron chi connectivity index (χ1n) is 5.43. The Kier molecular flexibility index (Phi) is 3.61. The lowest BCUT2D eigenvalue weighted by Crippen LogP contribution is -2.12. The molecule has 0 fully saturated rings. The lowest BCUT2D eigenvalue weighted by atomic mass is 10.2. The summed E-state index contributed by atoms with van der Waals surface area (Å²) in [6, 6.07) is 5.24. The Labute approximate surface area is 99.5 Å². The predicted octanol–water partition coefficient (Wildman–Crippen LogP) is 1.87. The van der Waals surface area contributed by atoms with Crippen LogP contribution in [-0.2, 0) is 4.74 Å². The Morgan fingerprint density at radius 2 is 2.24 bits per heavy atom. The van der Waals surface area contributed by atoms with Crippen molar-refractivity contribution in [3.05, 3.63) is 24.1 Å². The summed E-state index contributed by atoms with van der Waals surface area (Å²) < 4.78 is 15.7. The number of hydrogen-bond donors (Lipinski definition) is 1. The van der Waals surface area contributed by atoms with Crippen molar-refractivity contribution in [2.24, 2.45) is 5.73 Å². The minimum Gasteiger partial charge on any atom is -0.497 e. The number of nitrogens with zero attached hydrogens (tertiary/aromatic N) is 1.